The van der Waals surface area contributed by atoms with Crippen LogP contribution in [0.4, 0.5) is 35.4 Å². The molecule has 4 aliphatic heterocycles. The number of methoxy groups -OCH3 is 1. The van der Waals surface area contributed by atoms with Crippen molar-refractivity contribution in [3.63, 3.8) is 0 Å². The van der Waals surface area contributed by atoms with E-state index < -0.39 is 118 Å². The molecule has 12 amide bonds. The number of phosphoric ester groups is 2. The molecule has 0 bridgehead atoms. The van der Waals surface area contributed by atoms with Gasteiger partial charge in [0, 0.05) is 91.3 Å². The summed E-state index contributed by atoms with van der Waals surface area (Å²) in [6.07, 6.45) is 7.55. The van der Waals surface area contributed by atoms with Gasteiger partial charge >= 0.3 is 27.7 Å². The number of fused-ring (bicyclic) bond motifs is 1. The Morgan fingerprint density at radius 2 is 1.45 bits per heavy atom. The van der Waals surface area contributed by atoms with Crippen LogP contribution in [0.2, 0.25) is 0 Å². The Labute approximate surface area is 677 Å². The minimum atomic E-state index is -5.61. The molecule has 0 saturated carbocycles. The molecule has 2 aromatic heterocycles. The van der Waals surface area contributed by atoms with E-state index in [1.165, 1.54) is 81.9 Å². The van der Waals surface area contributed by atoms with Crippen molar-refractivity contribution in [2.24, 2.45) is 17.1 Å². The van der Waals surface area contributed by atoms with Gasteiger partial charge in [0.05, 0.1) is 56.0 Å². The number of rotatable bonds is 35. The van der Waals surface area contributed by atoms with Crippen molar-refractivity contribution in [1.82, 2.24) is 50.5 Å². The van der Waals surface area contributed by atoms with Crippen molar-refractivity contribution in [2.45, 2.75) is 117 Å². The number of ether oxygens (including phenoxy) is 2. The zero-order chi connectivity index (χ0) is 85.0. The minimum Gasteiger partial charge on any atom is -0.495 e. The molecule has 5 aromatic carbocycles. The van der Waals surface area contributed by atoms with Crippen LogP contribution in [0.1, 0.15) is 122 Å². The number of nitrogens with one attached hydrogen (secondary N) is 6. The number of imide groups is 2. The zero-order valence-electron chi connectivity index (χ0n) is 65.8. The van der Waals surface area contributed by atoms with Gasteiger partial charge in [0.25, 0.3) is 23.6 Å². The number of hydrogen-bond donors (Lipinski definition) is 10. The molecule has 34 nitrogen and oxygen atoms in total. The van der Waals surface area contributed by atoms with Crippen LogP contribution in [0.3, 0.4) is 0 Å². The summed E-state index contributed by atoms with van der Waals surface area (Å²) < 4.78 is 82.2. The highest BCUT2D eigenvalue weighted by Crippen LogP contribution is 2.61. The molecule has 628 valence electrons. The fourth-order valence-electron chi connectivity index (χ4n) is 14.2. The van der Waals surface area contributed by atoms with Gasteiger partial charge in [-0.25, -0.2) is 42.4 Å². The van der Waals surface area contributed by atoms with E-state index in [-0.39, 0.29) is 115 Å². The van der Waals surface area contributed by atoms with Crippen LogP contribution < -0.4 is 42.0 Å². The van der Waals surface area contributed by atoms with Crippen LogP contribution in [-0.4, -0.2) is 200 Å². The number of nitrogens with zero attached hydrogens (tertiary/aromatic N) is 7. The molecule has 6 heterocycles. The second-order valence-corrected chi connectivity index (χ2v) is 33.1. The molecule has 0 radical (unpaired) electrons. The Morgan fingerprint density at radius 1 is 0.763 bits per heavy atom. The van der Waals surface area contributed by atoms with Crippen LogP contribution in [-0.2, 0) is 74.6 Å². The topological polar surface area (TPSA) is 456 Å². The summed E-state index contributed by atoms with van der Waals surface area (Å²) >= 11 is 0. The number of aromatic amines is 1. The first kappa shape index (κ1) is 87.8. The second-order valence-electron chi connectivity index (χ2n) is 30.0. The first-order valence-corrected chi connectivity index (χ1v) is 41.2. The molecule has 38 heteroatoms. The number of urea groups is 2. The Hall–Kier alpha value is -11.0. The Kier molecular flexibility index (Phi) is 28.4. The standard InChI is InChI=1S/C80H94F2N14O20P2/c1-48(2)70(91-66(97)25-38-113-39-37-95-67(98)21-22-68(95)99)75(103)89-61(8-7-30-84-77(83)105)74(102)87-56-17-11-51(12-18-56)45-114-117(108,109)116-118(110,111)115-47-96-69(100)24-32-94(78(96)106)64-40-53(15-20-65(64)112-6)76(104)93-35-28-80(29-36-93)26-33-92(34-27-80)31-23-50-9-13-52(14-10-50)63-44-59-71(85-46-86-72(59)88-63)58-42-55(81)43-62(49(58)3)90-73(101)57-19-16-54(41-60(57)82)79(4,5)107/h9-22,40-44,46,48,61,70,107H,7-8,23-39,45,47H2,1-6H3,(H,87,102)(H,89,103)(H,90,101)(H,91,97)(H,108,109)(H,110,111)(H3,83,84,105)(H,85,86,88)/t61-,70-/m0/s1. The van der Waals surface area contributed by atoms with Crippen molar-refractivity contribution in [3.05, 3.63) is 167 Å². The van der Waals surface area contributed by atoms with Gasteiger partial charge in [0.1, 0.15) is 48.2 Å². The van der Waals surface area contributed by atoms with E-state index >= 15 is 8.78 Å². The number of aliphatic hydroxyl groups is 1. The molecule has 1 spiro atoms. The number of halogens is 2. The summed E-state index contributed by atoms with van der Waals surface area (Å²) in [5.41, 5.74) is 9.35. The van der Waals surface area contributed by atoms with Gasteiger partial charge in [-0.15, -0.1) is 0 Å². The number of benzene rings is 5. The van der Waals surface area contributed by atoms with Crippen molar-refractivity contribution in [3.8, 4) is 28.3 Å². The van der Waals surface area contributed by atoms with Gasteiger partial charge in [-0.1, -0.05) is 56.3 Å². The number of piperidine rings is 2. The molecule has 11 N–H and O–H groups in total. The SMILES string of the molecule is COc1ccc(C(=O)N2CCC3(CCN(CCc4ccc(-c5cc6c(-c7cc(F)cc(NC(=O)c8ccc(C(C)(C)O)cc8F)c7C)ncnc6[nH]5)cc4)CC3)CC2)cc1N1CCC(=O)N(COP(=O)(O)OP(=O)(O)OCc2ccc(NC(=O)[C@H](CCCNC(N)=O)NC(=O)[C@@H](NC(=O)CCOCCN3C(=O)C=CC3=O)C(C)C)cc2)C1=O. The predicted octanol–water partition coefficient (Wildman–Crippen LogP) is 8.84. The van der Waals surface area contributed by atoms with E-state index in [1.807, 2.05) is 18.2 Å². The predicted molar refractivity (Wildman–Crippen MR) is 427 cm³/mol. The zero-order valence-corrected chi connectivity index (χ0v) is 67.6. The number of primary amides is 1. The van der Waals surface area contributed by atoms with Crippen LogP contribution in [0.5, 0.6) is 5.75 Å². The fraction of sp³-hybridized carbons (Fsp3) is 0.400. The number of hydrogen-bond acceptors (Lipinski definition) is 21. The maximum Gasteiger partial charge on any atom is 0.482 e. The summed E-state index contributed by atoms with van der Waals surface area (Å²) in [5, 5.41) is 23.9. The van der Waals surface area contributed by atoms with Gasteiger partial charge in [-0.2, -0.15) is 4.31 Å². The van der Waals surface area contributed by atoms with Crippen LogP contribution in [0, 0.1) is 29.9 Å². The number of carbonyl (C=O) groups excluding carboxylic acids is 10. The monoisotopic (exact) mass is 1670 g/mol. The van der Waals surface area contributed by atoms with Gasteiger partial charge in [-0.05, 0) is 179 Å². The van der Waals surface area contributed by atoms with E-state index in [0.29, 0.717) is 45.8 Å². The number of carbonyl (C=O) groups is 10. The summed E-state index contributed by atoms with van der Waals surface area (Å²) in [5.74, 6) is -6.67. The summed E-state index contributed by atoms with van der Waals surface area (Å²) in [6.45, 7) is 9.39. The minimum absolute atomic E-state index is 0.0131. The third-order valence-electron chi connectivity index (χ3n) is 21.1. The number of anilines is 3. The van der Waals surface area contributed by atoms with E-state index in [4.69, 9.17) is 24.3 Å². The first-order valence-electron chi connectivity index (χ1n) is 38.2. The molecular weight excluding hydrogens is 1580 g/mol. The molecule has 4 aliphatic rings. The summed E-state index contributed by atoms with van der Waals surface area (Å²) in [6, 6.07) is 22.2. The summed E-state index contributed by atoms with van der Waals surface area (Å²) in [7, 11) is -9.73. The lowest BCUT2D eigenvalue weighted by Gasteiger charge is -2.47. The number of nitrogens with two attached hydrogens (primary N) is 1. The lowest BCUT2D eigenvalue weighted by atomic mass is 9.71. The lowest BCUT2D eigenvalue weighted by Crippen LogP contribution is -2.54. The van der Waals surface area contributed by atoms with Crippen LogP contribution in [0.25, 0.3) is 33.5 Å². The van der Waals surface area contributed by atoms with Crippen LogP contribution in [0.15, 0.2) is 122 Å². The molecule has 118 heavy (non-hydrogen) atoms. The maximum atomic E-state index is 15.4. The smallest absolute Gasteiger partial charge is 0.482 e. The Morgan fingerprint density at radius 3 is 2.12 bits per heavy atom. The van der Waals surface area contributed by atoms with E-state index in [1.54, 1.807) is 31.7 Å². The van der Waals surface area contributed by atoms with E-state index in [2.05, 4.69) is 62.9 Å². The summed E-state index contributed by atoms with van der Waals surface area (Å²) in [4.78, 5) is 171. The average Bonchev–Trinajstić information content (AvgIpc) is 1.74. The molecule has 7 aromatic rings. The highest BCUT2D eigenvalue weighted by molar-refractivity contribution is 7.61. The molecule has 2 unspecified atom stereocenters. The third kappa shape index (κ3) is 22.4. The van der Waals surface area contributed by atoms with Gasteiger partial charge in [-0.3, -0.25) is 57.2 Å². The van der Waals surface area contributed by atoms with Gasteiger partial charge in [0.2, 0.25) is 23.6 Å². The number of phosphoric acid groups is 2. The van der Waals surface area contributed by atoms with E-state index in [9.17, 15) is 72.0 Å². The molecule has 0 aliphatic carbocycles. The maximum absolute atomic E-state index is 15.4. The van der Waals surface area contributed by atoms with Crippen molar-refractivity contribution < 1.29 is 104 Å². The quantitative estimate of drug-likeness (QED) is 0.0101. The molecule has 4 atom stereocenters. The normalized spacial score (nSPS) is 16.7. The number of aromatic nitrogens is 3. The van der Waals surface area contributed by atoms with Gasteiger partial charge in [0.15, 0.2) is 0 Å². The van der Waals surface area contributed by atoms with Crippen molar-refractivity contribution >= 4 is 103 Å². The molecular formula is C80H94F2N14O20P2. The van der Waals surface area contributed by atoms with Crippen molar-refractivity contribution in [2.75, 3.05) is 94.9 Å². The number of H-pyrrole nitrogens is 1. The van der Waals surface area contributed by atoms with Crippen molar-refractivity contribution in [1.29, 1.82) is 0 Å². The van der Waals surface area contributed by atoms with Crippen LogP contribution >= 0.6 is 15.6 Å². The molecule has 3 fully saturated rings. The Balaban J connectivity index is 0.617. The van der Waals surface area contributed by atoms with E-state index in [0.717, 1.165) is 103 Å². The third-order valence-corrected chi connectivity index (χ3v) is 23.7. The highest BCUT2D eigenvalue weighted by atomic mass is 31.3. The Bertz CT molecular complexity index is 5070. The number of likely N-dealkylation sites (tertiary alicyclic amines) is 2. The average molecular weight is 1670 g/mol. The fourth-order valence-corrected chi connectivity index (χ4v) is 16.2. The molecule has 3 saturated heterocycles. The number of amides is 12. The first-order chi connectivity index (χ1) is 56.0. The largest absolute Gasteiger partial charge is 0.495 e. The van der Waals surface area contributed by atoms with Gasteiger partial charge < -0.3 is 71.5 Å². The highest BCUT2D eigenvalue weighted by Gasteiger charge is 2.42. The molecule has 11 rings (SSSR count). The second kappa shape index (κ2) is 38.1. The lowest BCUT2D eigenvalue weighted by molar-refractivity contribution is -0.138.